The van der Waals surface area contributed by atoms with Crippen molar-refractivity contribution in [1.82, 2.24) is 9.62 Å². The molecule has 3 rings (SSSR count). The zero-order valence-electron chi connectivity index (χ0n) is 16.0. The number of hydrogen-bond acceptors (Lipinski definition) is 5. The monoisotopic (exact) mass is 392 g/mol. The summed E-state index contributed by atoms with van der Waals surface area (Å²) in [5.41, 5.74) is 0. The fourth-order valence-corrected chi connectivity index (χ4v) is 5.09. The first kappa shape index (κ1) is 20.1. The molecule has 1 heterocycles. The van der Waals surface area contributed by atoms with Crippen LogP contribution in [0.3, 0.4) is 0 Å². The molecule has 0 bridgehead atoms. The van der Waals surface area contributed by atoms with Gasteiger partial charge in [0.15, 0.2) is 0 Å². The van der Waals surface area contributed by atoms with Gasteiger partial charge in [-0.15, -0.1) is 0 Å². The maximum Gasteiger partial charge on any atom is 0.241 e. The molecule has 1 atom stereocenters. The quantitative estimate of drug-likeness (QED) is 0.748. The molecule has 2 aromatic rings. The standard InChI is InChI=1S/C20H28N2O4S/c1-3-26-19-10-11-20(18-9-5-4-8-17(18)19)27(23,24)21-16-7-6-12-22(15-16)13-14-25-2/h4-5,8-11,16,21H,3,6-7,12-15H2,1-2H3. The van der Waals surface area contributed by atoms with Gasteiger partial charge in [-0.25, -0.2) is 13.1 Å². The summed E-state index contributed by atoms with van der Waals surface area (Å²) in [7, 11) is -1.94. The van der Waals surface area contributed by atoms with E-state index < -0.39 is 10.0 Å². The van der Waals surface area contributed by atoms with Gasteiger partial charge in [-0.1, -0.05) is 24.3 Å². The van der Waals surface area contributed by atoms with E-state index in [2.05, 4.69) is 9.62 Å². The minimum Gasteiger partial charge on any atom is -0.493 e. The minimum absolute atomic E-state index is 0.0917. The molecule has 0 aromatic heterocycles. The van der Waals surface area contributed by atoms with E-state index in [9.17, 15) is 8.42 Å². The highest BCUT2D eigenvalue weighted by Gasteiger charge is 2.26. The van der Waals surface area contributed by atoms with Crippen LogP contribution < -0.4 is 9.46 Å². The summed E-state index contributed by atoms with van der Waals surface area (Å²) in [5.74, 6) is 0.704. The second kappa shape index (κ2) is 9.01. The fraction of sp³-hybridized carbons (Fsp3) is 0.500. The normalized spacial score (nSPS) is 18.7. The number of sulfonamides is 1. The molecule has 0 saturated carbocycles. The lowest BCUT2D eigenvalue weighted by molar-refractivity contribution is 0.126. The summed E-state index contributed by atoms with van der Waals surface area (Å²) >= 11 is 0. The van der Waals surface area contributed by atoms with Gasteiger partial charge >= 0.3 is 0 Å². The molecule has 1 aliphatic heterocycles. The number of nitrogens with one attached hydrogen (secondary N) is 1. The molecule has 1 N–H and O–H groups in total. The maximum atomic E-state index is 13.1. The summed E-state index contributed by atoms with van der Waals surface area (Å²) in [4.78, 5) is 2.55. The van der Waals surface area contributed by atoms with Crippen molar-refractivity contribution < 1.29 is 17.9 Å². The van der Waals surface area contributed by atoms with Gasteiger partial charge in [0.2, 0.25) is 10.0 Å². The Balaban J connectivity index is 1.84. The van der Waals surface area contributed by atoms with Gasteiger partial charge in [0.1, 0.15) is 5.75 Å². The van der Waals surface area contributed by atoms with Crippen LogP contribution >= 0.6 is 0 Å². The van der Waals surface area contributed by atoms with E-state index in [4.69, 9.17) is 9.47 Å². The Morgan fingerprint density at radius 1 is 1.19 bits per heavy atom. The molecular weight excluding hydrogens is 364 g/mol. The summed E-state index contributed by atoms with van der Waals surface area (Å²) in [5, 5.41) is 1.50. The summed E-state index contributed by atoms with van der Waals surface area (Å²) in [6.07, 6.45) is 1.82. The summed E-state index contributed by atoms with van der Waals surface area (Å²) < 4.78 is 39.9. The molecule has 7 heteroatoms. The average Bonchev–Trinajstić information content (AvgIpc) is 2.66. The van der Waals surface area contributed by atoms with Crippen LogP contribution in [0.1, 0.15) is 19.8 Å². The highest BCUT2D eigenvalue weighted by molar-refractivity contribution is 7.89. The van der Waals surface area contributed by atoms with E-state index in [1.165, 1.54) is 0 Å². The van der Waals surface area contributed by atoms with E-state index in [1.807, 2.05) is 31.2 Å². The second-order valence-electron chi connectivity index (χ2n) is 6.79. The molecule has 6 nitrogen and oxygen atoms in total. The van der Waals surface area contributed by atoms with Crippen LogP contribution in [0.15, 0.2) is 41.3 Å². The first-order chi connectivity index (χ1) is 13.0. The predicted octanol–water partition coefficient (Wildman–Crippen LogP) is 2.63. The molecule has 0 amide bonds. The average molecular weight is 393 g/mol. The van der Waals surface area contributed by atoms with Crippen molar-refractivity contribution in [2.45, 2.75) is 30.7 Å². The van der Waals surface area contributed by atoms with Crippen LogP contribution in [-0.2, 0) is 14.8 Å². The third kappa shape index (κ3) is 4.79. The number of benzene rings is 2. The van der Waals surface area contributed by atoms with Gasteiger partial charge in [0.25, 0.3) is 0 Å². The molecule has 1 saturated heterocycles. The molecule has 2 aromatic carbocycles. The SMILES string of the molecule is CCOc1ccc(S(=O)(=O)NC2CCCN(CCOC)C2)c2ccccc12. The lowest BCUT2D eigenvalue weighted by Crippen LogP contribution is -2.48. The van der Waals surface area contributed by atoms with Crippen molar-refractivity contribution in [2.24, 2.45) is 0 Å². The minimum atomic E-state index is -3.63. The number of methoxy groups -OCH3 is 1. The van der Waals surface area contributed by atoms with Gasteiger partial charge in [0, 0.05) is 37.0 Å². The van der Waals surface area contributed by atoms with E-state index in [-0.39, 0.29) is 6.04 Å². The van der Waals surface area contributed by atoms with Crippen LogP contribution in [0.4, 0.5) is 0 Å². The Kier molecular flexibility index (Phi) is 6.70. The lowest BCUT2D eigenvalue weighted by Gasteiger charge is -2.32. The fourth-order valence-electron chi connectivity index (χ4n) is 3.62. The highest BCUT2D eigenvalue weighted by Crippen LogP contribution is 2.31. The number of likely N-dealkylation sites (tertiary alicyclic amines) is 1. The first-order valence-electron chi connectivity index (χ1n) is 9.43. The molecule has 27 heavy (non-hydrogen) atoms. The van der Waals surface area contributed by atoms with Crippen LogP contribution in [-0.4, -0.2) is 59.3 Å². The number of fused-ring (bicyclic) bond motifs is 1. The van der Waals surface area contributed by atoms with Crippen molar-refractivity contribution in [3.05, 3.63) is 36.4 Å². The summed E-state index contributed by atoms with van der Waals surface area (Å²) in [6, 6.07) is 10.8. The highest BCUT2D eigenvalue weighted by atomic mass is 32.2. The Morgan fingerprint density at radius 2 is 1.96 bits per heavy atom. The Hall–Kier alpha value is -1.67. The van der Waals surface area contributed by atoms with Crippen LogP contribution in [0.2, 0.25) is 0 Å². The molecular formula is C20H28N2O4S. The maximum absolute atomic E-state index is 13.1. The van der Waals surface area contributed by atoms with Crippen LogP contribution in [0.25, 0.3) is 10.8 Å². The second-order valence-corrected chi connectivity index (χ2v) is 8.48. The molecule has 0 aliphatic carbocycles. The van der Waals surface area contributed by atoms with Crippen molar-refractivity contribution in [1.29, 1.82) is 0 Å². The van der Waals surface area contributed by atoms with E-state index >= 15 is 0 Å². The summed E-state index contributed by atoms with van der Waals surface area (Å²) in [6.45, 7) is 5.61. The third-order valence-corrected chi connectivity index (χ3v) is 6.45. The lowest BCUT2D eigenvalue weighted by atomic mass is 10.1. The Labute approximate surface area is 161 Å². The van der Waals surface area contributed by atoms with Gasteiger partial charge in [0.05, 0.1) is 18.1 Å². The van der Waals surface area contributed by atoms with Crippen molar-refractivity contribution in [3.63, 3.8) is 0 Å². The topological polar surface area (TPSA) is 67.9 Å². The molecule has 148 valence electrons. The molecule has 0 radical (unpaired) electrons. The van der Waals surface area contributed by atoms with Crippen LogP contribution in [0, 0.1) is 0 Å². The van der Waals surface area contributed by atoms with Crippen molar-refractivity contribution in [2.75, 3.05) is 40.0 Å². The Bertz CT molecular complexity index is 869. The molecule has 1 fully saturated rings. The predicted molar refractivity (Wildman–Crippen MR) is 107 cm³/mol. The molecule has 1 unspecified atom stereocenters. The van der Waals surface area contributed by atoms with Gasteiger partial charge in [-0.2, -0.15) is 0 Å². The van der Waals surface area contributed by atoms with Crippen molar-refractivity contribution >= 4 is 20.8 Å². The molecule has 0 spiro atoms. The van der Waals surface area contributed by atoms with E-state index in [0.717, 1.165) is 31.3 Å². The molecule has 1 aliphatic rings. The smallest absolute Gasteiger partial charge is 0.241 e. The zero-order valence-corrected chi connectivity index (χ0v) is 16.8. The number of nitrogens with zero attached hydrogens (tertiary/aromatic N) is 1. The number of ether oxygens (including phenoxy) is 2. The van der Waals surface area contributed by atoms with Gasteiger partial charge < -0.3 is 9.47 Å². The number of piperidine rings is 1. The first-order valence-corrected chi connectivity index (χ1v) is 10.9. The van der Waals surface area contributed by atoms with E-state index in [1.54, 1.807) is 19.2 Å². The third-order valence-electron chi connectivity index (χ3n) is 4.87. The van der Waals surface area contributed by atoms with Crippen LogP contribution in [0.5, 0.6) is 5.75 Å². The number of hydrogen-bond donors (Lipinski definition) is 1. The van der Waals surface area contributed by atoms with Gasteiger partial charge in [-0.3, -0.25) is 4.90 Å². The zero-order chi connectivity index (χ0) is 19.3. The van der Waals surface area contributed by atoms with E-state index in [0.29, 0.717) is 35.8 Å². The Morgan fingerprint density at radius 3 is 2.70 bits per heavy atom. The van der Waals surface area contributed by atoms with Gasteiger partial charge in [-0.05, 0) is 38.4 Å². The number of rotatable bonds is 8. The largest absolute Gasteiger partial charge is 0.493 e. The van der Waals surface area contributed by atoms with Crippen molar-refractivity contribution in [3.8, 4) is 5.75 Å².